The molecule has 0 fully saturated rings. The quantitative estimate of drug-likeness (QED) is 0.711. The van der Waals surface area contributed by atoms with E-state index in [0.29, 0.717) is 0 Å². The lowest BCUT2D eigenvalue weighted by Gasteiger charge is -2.09. The van der Waals surface area contributed by atoms with E-state index in [4.69, 9.17) is 0 Å². The Balaban J connectivity index is 2.09. The molecular formula is C16H12F3N3O2S. The Morgan fingerprint density at radius 2 is 1.68 bits per heavy atom. The van der Waals surface area contributed by atoms with Crippen molar-refractivity contribution >= 4 is 9.84 Å². The third-order valence-corrected chi connectivity index (χ3v) is 5.36. The van der Waals surface area contributed by atoms with Crippen molar-refractivity contribution in [3.8, 4) is 5.69 Å². The van der Waals surface area contributed by atoms with E-state index in [2.05, 4.69) is 10.3 Å². The molecule has 0 aliphatic heterocycles. The van der Waals surface area contributed by atoms with Crippen molar-refractivity contribution in [1.29, 1.82) is 0 Å². The lowest BCUT2D eigenvalue weighted by molar-refractivity contribution is -0.137. The second-order valence-electron chi connectivity index (χ2n) is 5.26. The van der Waals surface area contributed by atoms with Gasteiger partial charge in [0.2, 0.25) is 14.9 Å². The highest BCUT2D eigenvalue weighted by Crippen LogP contribution is 2.31. The van der Waals surface area contributed by atoms with Gasteiger partial charge in [-0.3, -0.25) is 0 Å². The zero-order valence-corrected chi connectivity index (χ0v) is 13.7. The van der Waals surface area contributed by atoms with E-state index in [-0.39, 0.29) is 21.3 Å². The summed E-state index contributed by atoms with van der Waals surface area (Å²) in [6.07, 6.45) is -4.51. The van der Waals surface area contributed by atoms with Crippen LogP contribution in [0.2, 0.25) is 0 Å². The Kier molecular flexibility index (Phi) is 4.11. The predicted octanol–water partition coefficient (Wildman–Crippen LogP) is 3.43. The van der Waals surface area contributed by atoms with Gasteiger partial charge in [-0.15, -0.1) is 5.10 Å². The van der Waals surface area contributed by atoms with Gasteiger partial charge in [0, 0.05) is 0 Å². The maximum atomic E-state index is 12.9. The number of hydrogen-bond donors (Lipinski definition) is 0. The molecule has 9 heteroatoms. The molecule has 0 amide bonds. The SMILES string of the molecule is Cc1c(S(=O)(=O)c2ccccc2)nnn1-c1cccc(C(F)(F)F)c1. The molecule has 0 atom stereocenters. The molecule has 3 aromatic rings. The third-order valence-electron chi connectivity index (χ3n) is 3.58. The fourth-order valence-corrected chi connectivity index (χ4v) is 3.69. The number of benzene rings is 2. The highest BCUT2D eigenvalue weighted by atomic mass is 32.2. The van der Waals surface area contributed by atoms with Gasteiger partial charge in [-0.2, -0.15) is 13.2 Å². The summed E-state index contributed by atoms with van der Waals surface area (Å²) in [5.41, 5.74) is -0.648. The molecule has 130 valence electrons. The second-order valence-corrected chi connectivity index (χ2v) is 7.12. The fraction of sp³-hybridized carbons (Fsp3) is 0.125. The van der Waals surface area contributed by atoms with Crippen LogP contribution >= 0.6 is 0 Å². The summed E-state index contributed by atoms with van der Waals surface area (Å²) in [6, 6.07) is 12.1. The molecule has 0 aliphatic carbocycles. The molecule has 1 heterocycles. The zero-order chi connectivity index (χ0) is 18.2. The van der Waals surface area contributed by atoms with Crippen molar-refractivity contribution in [2.24, 2.45) is 0 Å². The number of sulfone groups is 1. The minimum atomic E-state index is -4.51. The number of halogens is 3. The van der Waals surface area contributed by atoms with E-state index in [0.717, 1.165) is 16.8 Å². The highest BCUT2D eigenvalue weighted by Gasteiger charge is 2.31. The third kappa shape index (κ3) is 3.14. The topological polar surface area (TPSA) is 64.8 Å². The molecule has 1 aromatic heterocycles. The first-order valence-electron chi connectivity index (χ1n) is 7.11. The number of alkyl halides is 3. The highest BCUT2D eigenvalue weighted by molar-refractivity contribution is 7.91. The lowest BCUT2D eigenvalue weighted by Crippen LogP contribution is -2.08. The average Bonchev–Trinajstić information content (AvgIpc) is 2.97. The van der Waals surface area contributed by atoms with Gasteiger partial charge in [0.1, 0.15) is 0 Å². The first-order valence-corrected chi connectivity index (χ1v) is 8.59. The van der Waals surface area contributed by atoms with Gasteiger partial charge < -0.3 is 0 Å². The van der Waals surface area contributed by atoms with Crippen LogP contribution in [0.25, 0.3) is 5.69 Å². The van der Waals surface area contributed by atoms with Crippen LogP contribution in [0, 0.1) is 6.92 Å². The van der Waals surface area contributed by atoms with Gasteiger partial charge in [0.15, 0.2) is 0 Å². The van der Waals surface area contributed by atoms with Gasteiger partial charge in [-0.1, -0.05) is 29.5 Å². The summed E-state index contributed by atoms with van der Waals surface area (Å²) in [6.45, 7) is 1.44. The number of nitrogens with zero attached hydrogens (tertiary/aromatic N) is 3. The largest absolute Gasteiger partial charge is 0.416 e. The van der Waals surface area contributed by atoms with Crippen LogP contribution in [0.5, 0.6) is 0 Å². The molecule has 25 heavy (non-hydrogen) atoms. The van der Waals surface area contributed by atoms with Crippen LogP contribution in [-0.2, 0) is 16.0 Å². The molecule has 0 unspecified atom stereocenters. The van der Waals surface area contributed by atoms with Crippen LogP contribution in [0.15, 0.2) is 64.5 Å². The summed E-state index contributed by atoms with van der Waals surface area (Å²) in [5.74, 6) is 0. The fourth-order valence-electron chi connectivity index (χ4n) is 2.33. The summed E-state index contributed by atoms with van der Waals surface area (Å²) in [4.78, 5) is 0.0363. The van der Waals surface area contributed by atoms with Crippen LogP contribution in [0.1, 0.15) is 11.3 Å². The standard InChI is InChI=1S/C16H12F3N3O2S/c1-11-15(25(23,24)14-8-3-2-4-9-14)20-21-22(11)13-7-5-6-12(10-13)16(17,18)19/h2-10H,1H3. The molecular weight excluding hydrogens is 355 g/mol. The first-order chi connectivity index (χ1) is 11.7. The molecule has 0 bridgehead atoms. The van der Waals surface area contributed by atoms with Gasteiger partial charge >= 0.3 is 6.18 Å². The van der Waals surface area contributed by atoms with E-state index in [1.54, 1.807) is 18.2 Å². The van der Waals surface area contributed by atoms with Crippen molar-refractivity contribution < 1.29 is 21.6 Å². The Morgan fingerprint density at radius 3 is 2.32 bits per heavy atom. The summed E-state index contributed by atoms with van der Waals surface area (Å²) < 4.78 is 64.9. The van der Waals surface area contributed by atoms with E-state index < -0.39 is 21.6 Å². The Morgan fingerprint density at radius 1 is 1.00 bits per heavy atom. The monoisotopic (exact) mass is 367 g/mol. The lowest BCUT2D eigenvalue weighted by atomic mass is 10.2. The zero-order valence-electron chi connectivity index (χ0n) is 12.9. The number of hydrogen-bond acceptors (Lipinski definition) is 4. The molecule has 5 nitrogen and oxygen atoms in total. The Labute approximate surface area is 141 Å². The normalized spacial score (nSPS) is 12.3. The van der Waals surface area contributed by atoms with E-state index in [1.807, 2.05) is 0 Å². The van der Waals surface area contributed by atoms with Crippen LogP contribution in [0.3, 0.4) is 0 Å². The molecule has 0 saturated carbocycles. The molecule has 3 rings (SSSR count). The minimum absolute atomic E-state index is 0.0363. The van der Waals surface area contributed by atoms with Crippen LogP contribution in [-0.4, -0.2) is 23.4 Å². The Bertz CT molecular complexity index is 1010. The van der Waals surface area contributed by atoms with E-state index in [9.17, 15) is 21.6 Å². The molecule has 0 radical (unpaired) electrons. The second kappa shape index (κ2) is 5.99. The van der Waals surface area contributed by atoms with Gasteiger partial charge in [-0.05, 0) is 37.3 Å². The molecule has 0 saturated heterocycles. The van der Waals surface area contributed by atoms with Gasteiger partial charge in [0.05, 0.1) is 21.8 Å². The molecule has 0 aliphatic rings. The van der Waals surface area contributed by atoms with Crippen molar-refractivity contribution in [2.45, 2.75) is 23.0 Å². The van der Waals surface area contributed by atoms with Crippen LogP contribution in [0.4, 0.5) is 13.2 Å². The predicted molar refractivity (Wildman–Crippen MR) is 83.0 cm³/mol. The Hall–Kier alpha value is -2.68. The molecule has 0 N–H and O–H groups in total. The molecule has 2 aromatic carbocycles. The number of aromatic nitrogens is 3. The van der Waals surface area contributed by atoms with E-state index >= 15 is 0 Å². The first kappa shape index (κ1) is 17.2. The van der Waals surface area contributed by atoms with Gasteiger partial charge in [-0.25, -0.2) is 13.1 Å². The smallest absolute Gasteiger partial charge is 0.217 e. The molecule has 0 spiro atoms. The van der Waals surface area contributed by atoms with Crippen molar-refractivity contribution in [3.05, 3.63) is 65.9 Å². The summed E-state index contributed by atoms with van der Waals surface area (Å²) in [5, 5.41) is 7.10. The van der Waals surface area contributed by atoms with Crippen molar-refractivity contribution in [1.82, 2.24) is 15.0 Å². The average molecular weight is 367 g/mol. The summed E-state index contributed by atoms with van der Waals surface area (Å²) in [7, 11) is -3.91. The van der Waals surface area contributed by atoms with Crippen molar-refractivity contribution in [3.63, 3.8) is 0 Å². The van der Waals surface area contributed by atoms with Gasteiger partial charge in [0.25, 0.3) is 0 Å². The van der Waals surface area contributed by atoms with E-state index in [1.165, 1.54) is 31.2 Å². The maximum absolute atomic E-state index is 12.9. The summed E-state index contributed by atoms with van der Waals surface area (Å²) >= 11 is 0. The van der Waals surface area contributed by atoms with Crippen molar-refractivity contribution in [2.75, 3.05) is 0 Å². The van der Waals surface area contributed by atoms with Crippen LogP contribution < -0.4 is 0 Å². The number of rotatable bonds is 3. The maximum Gasteiger partial charge on any atom is 0.416 e. The minimum Gasteiger partial charge on any atom is -0.217 e.